The first-order valence-electron chi connectivity index (χ1n) is 7.66. The van der Waals surface area contributed by atoms with E-state index in [1.165, 1.54) is 57.9 Å². The van der Waals surface area contributed by atoms with Crippen LogP contribution in [0.3, 0.4) is 0 Å². The Labute approximate surface area is 107 Å². The van der Waals surface area contributed by atoms with Crippen molar-refractivity contribution in [1.82, 2.24) is 10.6 Å². The van der Waals surface area contributed by atoms with Crippen LogP contribution in [0.1, 0.15) is 65.2 Å². The summed E-state index contributed by atoms with van der Waals surface area (Å²) in [6, 6.07) is 0.778. The summed E-state index contributed by atoms with van der Waals surface area (Å²) in [4.78, 5) is 0. The number of piperidine rings is 1. The van der Waals surface area contributed by atoms with E-state index in [9.17, 15) is 0 Å². The minimum Gasteiger partial charge on any atom is -0.312 e. The molecule has 100 valence electrons. The maximum absolute atomic E-state index is 3.83. The molecule has 2 nitrogen and oxygen atoms in total. The smallest absolute Gasteiger partial charge is 0.0278 e. The molecular weight excluding hydrogens is 208 g/mol. The van der Waals surface area contributed by atoms with E-state index in [2.05, 4.69) is 24.5 Å². The lowest BCUT2D eigenvalue weighted by molar-refractivity contribution is 0.253. The molecule has 1 saturated heterocycles. The molecule has 0 aromatic carbocycles. The molecule has 3 unspecified atom stereocenters. The first-order valence-corrected chi connectivity index (χ1v) is 7.66. The van der Waals surface area contributed by atoms with Crippen molar-refractivity contribution in [3.8, 4) is 0 Å². The summed E-state index contributed by atoms with van der Waals surface area (Å²) in [6.45, 7) is 7.16. The fraction of sp³-hybridized carbons (Fsp3) is 1.00. The minimum atomic E-state index is 0.357. The quantitative estimate of drug-likeness (QED) is 0.738. The van der Waals surface area contributed by atoms with Crippen molar-refractivity contribution >= 4 is 0 Å². The molecule has 1 aliphatic carbocycles. The lowest BCUT2D eigenvalue weighted by atomic mass is 9.90. The zero-order chi connectivity index (χ0) is 12.1. The first-order chi connectivity index (χ1) is 8.18. The molecular formula is C15H30N2. The van der Waals surface area contributed by atoms with Crippen LogP contribution >= 0.6 is 0 Å². The molecule has 2 fully saturated rings. The molecule has 3 atom stereocenters. The van der Waals surface area contributed by atoms with Crippen LogP contribution in [0.2, 0.25) is 0 Å². The van der Waals surface area contributed by atoms with Gasteiger partial charge in [-0.25, -0.2) is 0 Å². The fourth-order valence-electron chi connectivity index (χ4n) is 3.33. The van der Waals surface area contributed by atoms with Gasteiger partial charge in [-0.1, -0.05) is 26.2 Å². The van der Waals surface area contributed by atoms with Gasteiger partial charge in [-0.3, -0.25) is 0 Å². The summed E-state index contributed by atoms with van der Waals surface area (Å²) < 4.78 is 0. The van der Waals surface area contributed by atoms with Crippen LogP contribution in [-0.4, -0.2) is 24.7 Å². The van der Waals surface area contributed by atoms with Crippen molar-refractivity contribution in [2.24, 2.45) is 5.92 Å². The highest BCUT2D eigenvalue weighted by Crippen LogP contribution is 2.24. The van der Waals surface area contributed by atoms with E-state index in [1.54, 1.807) is 0 Å². The summed E-state index contributed by atoms with van der Waals surface area (Å²) in [5, 5.41) is 7.53. The summed E-state index contributed by atoms with van der Waals surface area (Å²) in [7, 11) is 0. The number of hydrogen-bond donors (Lipinski definition) is 2. The van der Waals surface area contributed by atoms with Gasteiger partial charge in [-0.15, -0.1) is 0 Å². The van der Waals surface area contributed by atoms with Crippen molar-refractivity contribution in [2.75, 3.05) is 13.1 Å². The summed E-state index contributed by atoms with van der Waals surface area (Å²) >= 11 is 0. The third-order valence-corrected chi connectivity index (χ3v) is 4.75. The van der Waals surface area contributed by atoms with E-state index in [1.807, 2.05) is 0 Å². The van der Waals surface area contributed by atoms with Crippen LogP contribution in [0, 0.1) is 5.92 Å². The third kappa shape index (κ3) is 4.26. The van der Waals surface area contributed by atoms with E-state index in [4.69, 9.17) is 0 Å². The summed E-state index contributed by atoms with van der Waals surface area (Å²) in [5.74, 6) is 0.949. The van der Waals surface area contributed by atoms with Gasteiger partial charge in [0, 0.05) is 18.1 Å². The molecule has 0 aromatic rings. The standard InChI is InChI=1S/C15H30N2/c1-13-6-5-7-14(9-8-13)16-12-15(2)10-3-4-11-17-15/h13-14,16-17H,3-12H2,1-2H3. The molecule has 0 spiro atoms. The normalized spacial score (nSPS) is 39.9. The van der Waals surface area contributed by atoms with Crippen molar-refractivity contribution in [3.05, 3.63) is 0 Å². The topological polar surface area (TPSA) is 24.1 Å². The summed E-state index contributed by atoms with van der Waals surface area (Å²) in [5.41, 5.74) is 0.357. The maximum Gasteiger partial charge on any atom is 0.0278 e. The van der Waals surface area contributed by atoms with Gasteiger partial charge in [0.25, 0.3) is 0 Å². The molecule has 2 heteroatoms. The van der Waals surface area contributed by atoms with Gasteiger partial charge in [0.15, 0.2) is 0 Å². The van der Waals surface area contributed by atoms with Gasteiger partial charge in [-0.2, -0.15) is 0 Å². The van der Waals surface area contributed by atoms with Crippen molar-refractivity contribution in [1.29, 1.82) is 0 Å². The van der Waals surface area contributed by atoms with Gasteiger partial charge in [0.2, 0.25) is 0 Å². The minimum absolute atomic E-state index is 0.357. The zero-order valence-corrected chi connectivity index (χ0v) is 11.7. The molecule has 1 aliphatic heterocycles. The molecule has 1 saturated carbocycles. The Bertz CT molecular complexity index is 221. The van der Waals surface area contributed by atoms with Gasteiger partial charge in [0.1, 0.15) is 0 Å². The van der Waals surface area contributed by atoms with Crippen molar-refractivity contribution in [3.63, 3.8) is 0 Å². The Morgan fingerprint density at radius 3 is 2.76 bits per heavy atom. The Morgan fingerprint density at radius 2 is 2.00 bits per heavy atom. The Balaban J connectivity index is 1.73. The molecule has 0 aromatic heterocycles. The van der Waals surface area contributed by atoms with E-state index in [0.717, 1.165) is 18.5 Å². The monoisotopic (exact) mass is 238 g/mol. The van der Waals surface area contributed by atoms with Gasteiger partial charge in [0.05, 0.1) is 0 Å². The lowest BCUT2D eigenvalue weighted by Gasteiger charge is -2.36. The fourth-order valence-corrected chi connectivity index (χ4v) is 3.33. The van der Waals surface area contributed by atoms with Crippen LogP contribution < -0.4 is 10.6 Å². The Kier molecular flexibility index (Phi) is 4.87. The van der Waals surface area contributed by atoms with Crippen LogP contribution in [-0.2, 0) is 0 Å². The highest BCUT2D eigenvalue weighted by atomic mass is 15.0. The lowest BCUT2D eigenvalue weighted by Crippen LogP contribution is -2.54. The van der Waals surface area contributed by atoms with Gasteiger partial charge < -0.3 is 10.6 Å². The second kappa shape index (κ2) is 6.19. The molecule has 2 N–H and O–H groups in total. The largest absolute Gasteiger partial charge is 0.312 e. The van der Waals surface area contributed by atoms with Crippen LogP contribution in [0.4, 0.5) is 0 Å². The molecule has 0 radical (unpaired) electrons. The predicted molar refractivity (Wildman–Crippen MR) is 74.3 cm³/mol. The highest BCUT2D eigenvalue weighted by molar-refractivity contribution is 4.90. The van der Waals surface area contributed by atoms with E-state index < -0.39 is 0 Å². The van der Waals surface area contributed by atoms with Crippen molar-refractivity contribution < 1.29 is 0 Å². The molecule has 1 heterocycles. The van der Waals surface area contributed by atoms with Crippen LogP contribution in [0.5, 0.6) is 0 Å². The maximum atomic E-state index is 3.83. The van der Waals surface area contributed by atoms with E-state index >= 15 is 0 Å². The van der Waals surface area contributed by atoms with Crippen LogP contribution in [0.25, 0.3) is 0 Å². The average Bonchev–Trinajstić information content (AvgIpc) is 2.53. The average molecular weight is 238 g/mol. The van der Waals surface area contributed by atoms with Gasteiger partial charge in [-0.05, 0) is 51.5 Å². The molecule has 0 bridgehead atoms. The SMILES string of the molecule is CC1CCCC(NCC2(C)CCCCN2)CC1. The number of nitrogens with one attached hydrogen (secondary N) is 2. The second-order valence-corrected chi connectivity index (χ2v) is 6.64. The highest BCUT2D eigenvalue weighted by Gasteiger charge is 2.27. The Morgan fingerprint density at radius 1 is 1.12 bits per heavy atom. The number of hydrogen-bond acceptors (Lipinski definition) is 2. The molecule has 2 aliphatic rings. The third-order valence-electron chi connectivity index (χ3n) is 4.75. The molecule has 0 amide bonds. The number of rotatable bonds is 3. The van der Waals surface area contributed by atoms with Crippen molar-refractivity contribution in [2.45, 2.75) is 76.8 Å². The van der Waals surface area contributed by atoms with Gasteiger partial charge >= 0.3 is 0 Å². The van der Waals surface area contributed by atoms with E-state index in [-0.39, 0.29) is 0 Å². The zero-order valence-electron chi connectivity index (χ0n) is 11.7. The molecule has 2 rings (SSSR count). The summed E-state index contributed by atoms with van der Waals surface area (Å²) in [6.07, 6.45) is 11.1. The predicted octanol–water partition coefficient (Wildman–Crippen LogP) is 3.08. The molecule has 17 heavy (non-hydrogen) atoms. The first kappa shape index (κ1) is 13.4. The van der Waals surface area contributed by atoms with E-state index in [0.29, 0.717) is 5.54 Å². The second-order valence-electron chi connectivity index (χ2n) is 6.64. The van der Waals surface area contributed by atoms with Crippen LogP contribution in [0.15, 0.2) is 0 Å². The Hall–Kier alpha value is -0.0800.